The van der Waals surface area contributed by atoms with Gasteiger partial charge in [0.05, 0.1) is 25.9 Å². The van der Waals surface area contributed by atoms with E-state index in [0.717, 1.165) is 16.8 Å². The summed E-state index contributed by atoms with van der Waals surface area (Å²) in [5, 5.41) is 0. The average Bonchev–Trinajstić information content (AvgIpc) is 3.26. The summed E-state index contributed by atoms with van der Waals surface area (Å²) in [7, 11) is -3.18. The fourth-order valence-electron chi connectivity index (χ4n) is 4.55. The van der Waals surface area contributed by atoms with E-state index in [1.54, 1.807) is 13.8 Å². The van der Waals surface area contributed by atoms with E-state index in [1.807, 2.05) is 30.5 Å². The number of aryl methyl sites for hydroxylation is 3. The molecule has 0 aliphatic rings. The summed E-state index contributed by atoms with van der Waals surface area (Å²) in [4.78, 5) is 31.7. The fraction of sp³-hybridized carbons (Fsp3) is 0.519. The van der Waals surface area contributed by atoms with E-state index in [0.29, 0.717) is 50.2 Å². The van der Waals surface area contributed by atoms with Gasteiger partial charge in [-0.25, -0.2) is 14.3 Å². The van der Waals surface area contributed by atoms with Crippen LogP contribution in [0.1, 0.15) is 58.0 Å². The maximum atomic E-state index is 13.5. The maximum Gasteiger partial charge on any atom is 0.333 e. The van der Waals surface area contributed by atoms with Crippen molar-refractivity contribution in [2.24, 2.45) is 0 Å². The number of aromatic nitrogens is 4. The molecule has 0 atom stereocenters. The lowest BCUT2D eigenvalue weighted by Gasteiger charge is -2.17. The van der Waals surface area contributed by atoms with Crippen molar-refractivity contribution in [3.05, 3.63) is 60.1 Å². The van der Waals surface area contributed by atoms with Gasteiger partial charge in [-0.3, -0.25) is 13.9 Å². The third-order valence-corrected chi connectivity index (χ3v) is 9.41. The first-order valence-corrected chi connectivity index (χ1v) is 15.8. The summed E-state index contributed by atoms with van der Waals surface area (Å²) in [5.74, 6) is 3.18. The van der Waals surface area contributed by atoms with Gasteiger partial charge in [0.1, 0.15) is 5.82 Å². The number of halogens is 1. The normalized spacial score (nSPS) is 11.9. The van der Waals surface area contributed by atoms with Crippen molar-refractivity contribution < 1.29 is 13.6 Å². The highest BCUT2D eigenvalue weighted by atomic mass is 127. The Hall–Kier alpha value is -2.19. The summed E-state index contributed by atoms with van der Waals surface area (Å²) in [5.41, 5.74) is 1.01. The molecule has 2 aromatic heterocycles. The molecular formula is C27H36IN4O5P. The van der Waals surface area contributed by atoms with Crippen LogP contribution in [0.4, 0.5) is 0 Å². The molecule has 0 spiro atoms. The van der Waals surface area contributed by atoms with E-state index >= 15 is 0 Å². The molecule has 3 aromatic rings. The predicted octanol–water partition coefficient (Wildman–Crippen LogP) is 5.01. The molecular weight excluding hydrogens is 618 g/mol. The van der Waals surface area contributed by atoms with Crippen LogP contribution in [0.25, 0.3) is 11.2 Å². The molecule has 1 aromatic carbocycles. The molecule has 0 aliphatic carbocycles. The zero-order valence-corrected chi connectivity index (χ0v) is 25.5. The van der Waals surface area contributed by atoms with Gasteiger partial charge in [-0.2, -0.15) is 0 Å². The van der Waals surface area contributed by atoms with E-state index in [-0.39, 0.29) is 18.7 Å². The van der Waals surface area contributed by atoms with Crippen LogP contribution >= 0.6 is 30.2 Å². The van der Waals surface area contributed by atoms with Gasteiger partial charge in [-0.1, -0.05) is 24.1 Å². The first-order valence-electron chi connectivity index (χ1n) is 13.0. The smallest absolute Gasteiger partial charge is 0.320 e. The summed E-state index contributed by atoms with van der Waals surface area (Å²) >= 11 is 2.32. The minimum absolute atomic E-state index is 0.0500. The highest BCUT2D eigenvalue weighted by molar-refractivity contribution is 14.1. The lowest BCUT2D eigenvalue weighted by molar-refractivity contribution is 0.219. The number of hydrogen-bond donors (Lipinski definition) is 0. The standard InChI is InChI=1S/C27H36IN4O5P/c1-6-17-31-26(33)24-25(30(27(31)34)18-11-12-19-38(35,36-7-2)37-8-3)29-23(32(24)20(4)5)16-15-21-13-9-10-14-22(21)28/h1,9-10,13-14,20H,7-8,11-12,15-19H2,2-5H3. The predicted molar refractivity (Wildman–Crippen MR) is 159 cm³/mol. The van der Waals surface area contributed by atoms with E-state index in [2.05, 4.69) is 40.6 Å². The van der Waals surface area contributed by atoms with Crippen molar-refractivity contribution in [2.75, 3.05) is 19.4 Å². The lowest BCUT2D eigenvalue weighted by Crippen LogP contribution is -2.40. The second kappa shape index (κ2) is 13.7. The first-order chi connectivity index (χ1) is 18.2. The van der Waals surface area contributed by atoms with E-state index < -0.39 is 18.8 Å². The summed E-state index contributed by atoms with van der Waals surface area (Å²) in [6.07, 6.45) is 8.17. The number of fused-ring (bicyclic) bond motifs is 1. The second-order valence-electron chi connectivity index (χ2n) is 9.16. The lowest BCUT2D eigenvalue weighted by atomic mass is 10.1. The van der Waals surface area contributed by atoms with Crippen molar-refractivity contribution >= 4 is 41.4 Å². The molecule has 9 nitrogen and oxygen atoms in total. The summed E-state index contributed by atoms with van der Waals surface area (Å²) in [6.45, 7) is 8.31. The molecule has 0 saturated carbocycles. The van der Waals surface area contributed by atoms with Gasteiger partial charge in [-0.05, 0) is 81.2 Å². The molecule has 3 rings (SSSR count). The molecule has 206 valence electrons. The highest BCUT2D eigenvalue weighted by Crippen LogP contribution is 2.48. The van der Waals surface area contributed by atoms with Gasteiger partial charge < -0.3 is 13.6 Å². The number of nitrogens with zero attached hydrogens (tertiary/aromatic N) is 4. The Labute approximate surface area is 237 Å². The van der Waals surface area contributed by atoms with Gasteiger partial charge in [-0.15, -0.1) is 6.42 Å². The van der Waals surface area contributed by atoms with Crippen LogP contribution in [0.15, 0.2) is 33.9 Å². The zero-order chi connectivity index (χ0) is 27.9. The van der Waals surface area contributed by atoms with Crippen LogP contribution < -0.4 is 11.2 Å². The number of hydrogen-bond acceptors (Lipinski definition) is 6. The van der Waals surface area contributed by atoms with Gasteiger partial charge in [0.15, 0.2) is 11.2 Å². The average molecular weight is 654 g/mol. The number of benzene rings is 1. The van der Waals surface area contributed by atoms with Crippen molar-refractivity contribution in [3.8, 4) is 12.3 Å². The van der Waals surface area contributed by atoms with Gasteiger partial charge in [0.2, 0.25) is 0 Å². The SMILES string of the molecule is C#CCn1c(=O)c2c(nc(CCc3ccccc3I)n2C(C)C)n(CCCCP(=O)(OCC)OCC)c1=O. The minimum atomic E-state index is -3.18. The molecule has 0 saturated heterocycles. The summed E-state index contributed by atoms with van der Waals surface area (Å²) in [6, 6.07) is 8.11. The first kappa shape index (κ1) is 30.4. The fourth-order valence-corrected chi connectivity index (χ4v) is 6.94. The summed E-state index contributed by atoms with van der Waals surface area (Å²) < 4.78 is 29.3. The number of unbranched alkanes of at least 4 members (excludes halogenated alkanes) is 1. The minimum Gasteiger partial charge on any atom is -0.320 e. The van der Waals surface area contributed by atoms with Gasteiger partial charge >= 0.3 is 13.3 Å². The van der Waals surface area contributed by atoms with Crippen molar-refractivity contribution in [1.29, 1.82) is 0 Å². The Morgan fingerprint density at radius 1 is 1.08 bits per heavy atom. The molecule has 38 heavy (non-hydrogen) atoms. The molecule has 0 unspecified atom stereocenters. The number of imidazole rings is 1. The highest BCUT2D eigenvalue weighted by Gasteiger charge is 2.25. The van der Waals surface area contributed by atoms with E-state index in [4.69, 9.17) is 20.5 Å². The molecule has 2 heterocycles. The maximum absolute atomic E-state index is 13.5. The molecule has 0 bridgehead atoms. The monoisotopic (exact) mass is 654 g/mol. The molecule has 0 aliphatic heterocycles. The van der Waals surface area contributed by atoms with Crippen LogP contribution in [-0.2, 0) is 39.5 Å². The van der Waals surface area contributed by atoms with Gasteiger partial charge in [0.25, 0.3) is 5.56 Å². The molecule has 0 fully saturated rings. The molecule has 0 amide bonds. The van der Waals surface area contributed by atoms with Crippen LogP contribution in [0.3, 0.4) is 0 Å². The topological polar surface area (TPSA) is 97.3 Å². The van der Waals surface area contributed by atoms with Gasteiger partial charge in [0, 0.05) is 22.6 Å². The Balaban J connectivity index is 2.01. The van der Waals surface area contributed by atoms with E-state index in [1.165, 1.54) is 13.7 Å². The Morgan fingerprint density at radius 3 is 2.37 bits per heavy atom. The van der Waals surface area contributed by atoms with Crippen LogP contribution in [0.2, 0.25) is 0 Å². The third-order valence-electron chi connectivity index (χ3n) is 6.19. The molecule has 11 heteroatoms. The van der Waals surface area contributed by atoms with E-state index in [9.17, 15) is 14.2 Å². The van der Waals surface area contributed by atoms with Crippen LogP contribution in [-0.4, -0.2) is 38.1 Å². The Bertz CT molecular complexity index is 1460. The van der Waals surface area contributed by atoms with Crippen molar-refractivity contribution in [2.45, 2.75) is 72.5 Å². The molecule has 0 radical (unpaired) electrons. The van der Waals surface area contributed by atoms with Crippen LogP contribution in [0.5, 0.6) is 0 Å². The van der Waals surface area contributed by atoms with Crippen molar-refractivity contribution in [3.63, 3.8) is 0 Å². The van der Waals surface area contributed by atoms with Crippen LogP contribution in [0, 0.1) is 15.9 Å². The van der Waals surface area contributed by atoms with Crippen molar-refractivity contribution in [1.82, 2.24) is 18.7 Å². The molecule has 0 N–H and O–H groups in total. The number of rotatable bonds is 14. The Morgan fingerprint density at radius 2 is 1.76 bits per heavy atom. The third kappa shape index (κ3) is 6.87. The quantitative estimate of drug-likeness (QED) is 0.105. The largest absolute Gasteiger partial charge is 0.333 e. The Kier molecular flexibility index (Phi) is 11.0. The zero-order valence-electron chi connectivity index (χ0n) is 22.5. The number of terminal acetylenes is 1. The second-order valence-corrected chi connectivity index (χ2v) is 12.5.